The van der Waals surface area contributed by atoms with Gasteiger partial charge in [0.25, 0.3) is 5.56 Å². The Bertz CT molecular complexity index is 1010. The fraction of sp³-hybridized carbons (Fsp3) is 0.294. The van der Waals surface area contributed by atoms with Gasteiger partial charge < -0.3 is 0 Å². The maximum absolute atomic E-state index is 12.8. The van der Waals surface area contributed by atoms with Crippen LogP contribution in [0.5, 0.6) is 0 Å². The molecule has 3 rings (SSSR count). The maximum Gasteiger partial charge on any atom is 0.261 e. The largest absolute Gasteiger partial charge is 0.295 e. The molecule has 0 N–H and O–H groups in total. The SMILES string of the molecule is CC(=O)c1cc(C)cc2c(=O)n(C)c(-c3sc(C)nc3C)nc12. The Morgan fingerprint density at radius 3 is 2.43 bits per heavy atom. The third-order valence-corrected chi connectivity index (χ3v) is 4.88. The van der Waals surface area contributed by atoms with Crippen molar-refractivity contribution in [3.63, 3.8) is 0 Å². The summed E-state index contributed by atoms with van der Waals surface area (Å²) in [6.07, 6.45) is 0. The summed E-state index contributed by atoms with van der Waals surface area (Å²) in [4.78, 5) is 34.7. The molecular formula is C17H17N3O2S. The molecule has 2 aromatic heterocycles. The number of carbonyl (C=O) groups excluding carboxylic acids is 1. The topological polar surface area (TPSA) is 64.8 Å². The molecule has 0 atom stereocenters. The van der Waals surface area contributed by atoms with Crippen LogP contribution in [-0.4, -0.2) is 20.3 Å². The molecule has 0 bridgehead atoms. The average Bonchev–Trinajstić information content (AvgIpc) is 2.81. The lowest BCUT2D eigenvalue weighted by Gasteiger charge is -2.11. The lowest BCUT2D eigenvalue weighted by Crippen LogP contribution is -2.21. The van der Waals surface area contributed by atoms with E-state index in [-0.39, 0.29) is 11.3 Å². The summed E-state index contributed by atoms with van der Waals surface area (Å²) in [5, 5.41) is 1.39. The Morgan fingerprint density at radius 2 is 1.87 bits per heavy atom. The molecule has 0 saturated carbocycles. The molecule has 0 fully saturated rings. The van der Waals surface area contributed by atoms with E-state index in [1.807, 2.05) is 20.8 Å². The van der Waals surface area contributed by atoms with Gasteiger partial charge in [-0.1, -0.05) is 0 Å². The van der Waals surface area contributed by atoms with Gasteiger partial charge >= 0.3 is 0 Å². The van der Waals surface area contributed by atoms with Crippen LogP contribution in [0.4, 0.5) is 0 Å². The van der Waals surface area contributed by atoms with E-state index in [4.69, 9.17) is 0 Å². The summed E-state index contributed by atoms with van der Waals surface area (Å²) in [5.74, 6) is 0.458. The monoisotopic (exact) mass is 327 g/mol. The van der Waals surface area contributed by atoms with E-state index in [1.165, 1.54) is 22.8 Å². The molecule has 118 valence electrons. The van der Waals surface area contributed by atoms with Crippen LogP contribution < -0.4 is 5.56 Å². The summed E-state index contributed by atoms with van der Waals surface area (Å²) in [6, 6.07) is 3.57. The first kappa shape index (κ1) is 15.6. The predicted octanol–water partition coefficient (Wildman–Crippen LogP) is 3.18. The second kappa shape index (κ2) is 5.38. The number of hydrogen-bond acceptors (Lipinski definition) is 5. The van der Waals surface area contributed by atoms with Gasteiger partial charge in [0, 0.05) is 12.6 Å². The number of aromatic nitrogens is 3. The van der Waals surface area contributed by atoms with Crippen molar-refractivity contribution in [3.8, 4) is 10.7 Å². The highest BCUT2D eigenvalue weighted by Crippen LogP contribution is 2.29. The van der Waals surface area contributed by atoms with Gasteiger partial charge in [-0.3, -0.25) is 14.2 Å². The van der Waals surface area contributed by atoms with Crippen LogP contribution in [-0.2, 0) is 7.05 Å². The molecule has 0 amide bonds. The molecule has 23 heavy (non-hydrogen) atoms. The predicted molar refractivity (Wildman–Crippen MR) is 92.3 cm³/mol. The van der Waals surface area contributed by atoms with Crippen molar-refractivity contribution in [1.29, 1.82) is 0 Å². The van der Waals surface area contributed by atoms with E-state index in [2.05, 4.69) is 9.97 Å². The number of thiazole rings is 1. The number of benzene rings is 1. The molecule has 0 aliphatic carbocycles. The Balaban J connectivity index is 2.47. The normalized spacial score (nSPS) is 11.2. The summed E-state index contributed by atoms with van der Waals surface area (Å²) in [5.41, 5.74) is 2.51. The zero-order chi connectivity index (χ0) is 16.9. The van der Waals surface area contributed by atoms with Gasteiger partial charge in [0.05, 0.1) is 26.5 Å². The average molecular weight is 327 g/mol. The van der Waals surface area contributed by atoms with E-state index in [0.717, 1.165) is 21.1 Å². The first-order valence-corrected chi connectivity index (χ1v) is 8.08. The molecular weight excluding hydrogens is 310 g/mol. The summed E-state index contributed by atoms with van der Waals surface area (Å²) in [7, 11) is 1.70. The van der Waals surface area contributed by atoms with E-state index in [0.29, 0.717) is 22.3 Å². The molecule has 6 heteroatoms. The third-order valence-electron chi connectivity index (χ3n) is 3.81. The maximum atomic E-state index is 12.8. The Labute approximate surface area is 137 Å². The van der Waals surface area contributed by atoms with Crippen LogP contribution in [0.1, 0.15) is 33.5 Å². The van der Waals surface area contributed by atoms with Gasteiger partial charge in [-0.05, 0) is 45.4 Å². The molecule has 0 saturated heterocycles. The number of rotatable bonds is 2. The minimum atomic E-state index is -0.151. The van der Waals surface area contributed by atoms with Crippen LogP contribution in [0, 0.1) is 20.8 Å². The summed E-state index contributed by atoms with van der Waals surface area (Å²) < 4.78 is 1.53. The molecule has 5 nitrogen and oxygen atoms in total. The molecule has 2 heterocycles. The fourth-order valence-corrected chi connectivity index (χ4v) is 3.68. The molecule has 3 aromatic rings. The van der Waals surface area contributed by atoms with Gasteiger partial charge in [-0.15, -0.1) is 11.3 Å². The number of ketones is 1. The highest BCUT2D eigenvalue weighted by atomic mass is 32.1. The lowest BCUT2D eigenvalue weighted by molar-refractivity contribution is 0.101. The number of Topliss-reactive ketones (excluding diaryl/α,β-unsaturated/α-hetero) is 1. The lowest BCUT2D eigenvalue weighted by atomic mass is 10.0. The van der Waals surface area contributed by atoms with Crippen LogP contribution in [0.25, 0.3) is 21.6 Å². The van der Waals surface area contributed by atoms with E-state index in [9.17, 15) is 9.59 Å². The van der Waals surface area contributed by atoms with E-state index in [1.54, 1.807) is 19.2 Å². The van der Waals surface area contributed by atoms with Crippen molar-refractivity contribution < 1.29 is 4.79 Å². The summed E-state index contributed by atoms with van der Waals surface area (Å²) >= 11 is 1.50. The standard InChI is InChI=1S/C17H17N3O2S/c1-8-6-12(10(3)21)14-13(7-8)17(22)20(5)16(19-14)15-9(2)18-11(4)23-15/h6-7H,1-5H3. The van der Waals surface area contributed by atoms with Crippen molar-refractivity contribution in [2.75, 3.05) is 0 Å². The zero-order valence-electron chi connectivity index (χ0n) is 13.7. The molecule has 0 radical (unpaired) electrons. The first-order chi connectivity index (χ1) is 10.8. The fourth-order valence-electron chi connectivity index (χ4n) is 2.73. The van der Waals surface area contributed by atoms with Crippen LogP contribution in [0.2, 0.25) is 0 Å². The number of aryl methyl sites for hydroxylation is 3. The number of nitrogens with zero attached hydrogens (tertiary/aromatic N) is 3. The Morgan fingerprint density at radius 1 is 1.17 bits per heavy atom. The molecule has 0 unspecified atom stereocenters. The number of hydrogen-bond donors (Lipinski definition) is 0. The van der Waals surface area contributed by atoms with Crippen LogP contribution in [0.15, 0.2) is 16.9 Å². The zero-order valence-corrected chi connectivity index (χ0v) is 14.5. The Kier molecular flexibility index (Phi) is 3.64. The van der Waals surface area contributed by atoms with Gasteiger partial charge in [0.2, 0.25) is 0 Å². The second-order valence-corrected chi connectivity index (χ2v) is 6.92. The first-order valence-electron chi connectivity index (χ1n) is 7.26. The number of carbonyl (C=O) groups is 1. The van der Waals surface area contributed by atoms with Crippen molar-refractivity contribution >= 4 is 28.0 Å². The molecule has 0 aliphatic heterocycles. The molecule has 1 aromatic carbocycles. The molecule has 0 aliphatic rings. The summed E-state index contributed by atoms with van der Waals surface area (Å²) in [6.45, 7) is 7.19. The highest BCUT2D eigenvalue weighted by molar-refractivity contribution is 7.15. The van der Waals surface area contributed by atoms with Crippen molar-refractivity contribution in [2.24, 2.45) is 7.05 Å². The van der Waals surface area contributed by atoms with Crippen molar-refractivity contribution in [1.82, 2.24) is 14.5 Å². The number of fused-ring (bicyclic) bond motifs is 1. The second-order valence-electron chi connectivity index (χ2n) is 5.71. The Hall–Kier alpha value is -2.34. The smallest absolute Gasteiger partial charge is 0.261 e. The van der Waals surface area contributed by atoms with E-state index < -0.39 is 0 Å². The van der Waals surface area contributed by atoms with Crippen LogP contribution >= 0.6 is 11.3 Å². The van der Waals surface area contributed by atoms with Gasteiger partial charge in [-0.25, -0.2) is 9.97 Å². The minimum Gasteiger partial charge on any atom is -0.295 e. The van der Waals surface area contributed by atoms with Gasteiger partial charge in [0.15, 0.2) is 11.6 Å². The molecule has 0 spiro atoms. The highest BCUT2D eigenvalue weighted by Gasteiger charge is 2.18. The van der Waals surface area contributed by atoms with Crippen molar-refractivity contribution in [2.45, 2.75) is 27.7 Å². The minimum absolute atomic E-state index is 0.0948. The van der Waals surface area contributed by atoms with Gasteiger partial charge in [0.1, 0.15) is 0 Å². The van der Waals surface area contributed by atoms with E-state index >= 15 is 0 Å². The van der Waals surface area contributed by atoms with Crippen LogP contribution in [0.3, 0.4) is 0 Å². The van der Waals surface area contributed by atoms with Gasteiger partial charge in [-0.2, -0.15) is 0 Å². The quantitative estimate of drug-likeness (QED) is 0.678. The van der Waals surface area contributed by atoms with Crippen molar-refractivity contribution in [3.05, 3.63) is 44.3 Å². The third kappa shape index (κ3) is 2.49.